The highest BCUT2D eigenvalue weighted by atomic mass is 16.1. The number of amides is 1. The number of nitriles is 1. The van der Waals surface area contributed by atoms with E-state index in [4.69, 9.17) is 5.26 Å². The average molecular weight is 214 g/mol. The Morgan fingerprint density at radius 2 is 2.19 bits per heavy atom. The van der Waals surface area contributed by atoms with Crippen molar-refractivity contribution in [2.45, 2.75) is 6.92 Å². The van der Waals surface area contributed by atoms with Gasteiger partial charge in [-0.3, -0.25) is 4.79 Å². The summed E-state index contributed by atoms with van der Waals surface area (Å²) in [7, 11) is 0. The van der Waals surface area contributed by atoms with Crippen LogP contribution >= 0.6 is 0 Å². The van der Waals surface area contributed by atoms with Crippen molar-refractivity contribution >= 4 is 12.0 Å². The van der Waals surface area contributed by atoms with Crippen LogP contribution in [0.3, 0.4) is 0 Å². The van der Waals surface area contributed by atoms with E-state index in [1.54, 1.807) is 13.0 Å². The van der Waals surface area contributed by atoms with Crippen molar-refractivity contribution in [1.82, 2.24) is 5.32 Å². The SMILES string of the molecule is C[C@@H](C#N)CNC(=O)/C=C/c1ccccc1. The fourth-order valence-corrected chi connectivity index (χ4v) is 1.09. The molecule has 0 aromatic heterocycles. The van der Waals surface area contributed by atoms with E-state index in [0.717, 1.165) is 5.56 Å². The van der Waals surface area contributed by atoms with Crippen LogP contribution in [0.2, 0.25) is 0 Å². The lowest BCUT2D eigenvalue weighted by molar-refractivity contribution is -0.116. The first kappa shape index (κ1) is 12.0. The maximum atomic E-state index is 11.3. The van der Waals surface area contributed by atoms with Crippen LogP contribution in [0.5, 0.6) is 0 Å². The maximum absolute atomic E-state index is 11.3. The topological polar surface area (TPSA) is 52.9 Å². The third-order valence-corrected chi connectivity index (χ3v) is 2.03. The van der Waals surface area contributed by atoms with Gasteiger partial charge in [0, 0.05) is 12.6 Å². The Morgan fingerprint density at radius 3 is 2.81 bits per heavy atom. The first-order valence-electron chi connectivity index (χ1n) is 5.13. The van der Waals surface area contributed by atoms with E-state index in [1.807, 2.05) is 30.3 Å². The third kappa shape index (κ3) is 4.43. The standard InChI is InChI=1S/C13H14N2O/c1-11(9-14)10-15-13(16)8-7-12-5-3-2-4-6-12/h2-8,11H,10H2,1H3,(H,15,16)/b8-7+/t11-/m0/s1. The van der Waals surface area contributed by atoms with Crippen molar-refractivity contribution in [2.24, 2.45) is 5.92 Å². The molecule has 1 aromatic rings. The molecule has 0 spiro atoms. The van der Waals surface area contributed by atoms with Crippen LogP contribution in [0, 0.1) is 17.2 Å². The van der Waals surface area contributed by atoms with E-state index in [1.165, 1.54) is 6.08 Å². The van der Waals surface area contributed by atoms with Gasteiger partial charge < -0.3 is 5.32 Å². The minimum absolute atomic E-state index is 0.158. The van der Waals surface area contributed by atoms with Crippen LogP contribution in [0.15, 0.2) is 36.4 Å². The molecule has 0 unspecified atom stereocenters. The summed E-state index contributed by atoms with van der Waals surface area (Å²) in [5.41, 5.74) is 0.978. The average Bonchev–Trinajstić information content (AvgIpc) is 2.34. The van der Waals surface area contributed by atoms with Crippen LogP contribution in [0.25, 0.3) is 6.08 Å². The monoisotopic (exact) mass is 214 g/mol. The Morgan fingerprint density at radius 1 is 1.50 bits per heavy atom. The lowest BCUT2D eigenvalue weighted by atomic mass is 10.2. The molecule has 0 aliphatic heterocycles. The summed E-state index contributed by atoms with van der Waals surface area (Å²) >= 11 is 0. The molecular formula is C13H14N2O. The Balaban J connectivity index is 2.41. The summed E-state index contributed by atoms with van der Waals surface area (Å²) in [6.45, 7) is 2.15. The molecule has 3 heteroatoms. The molecule has 16 heavy (non-hydrogen) atoms. The van der Waals surface area contributed by atoms with E-state index in [0.29, 0.717) is 6.54 Å². The number of hydrogen-bond acceptors (Lipinski definition) is 2. The lowest BCUT2D eigenvalue weighted by Crippen LogP contribution is -2.25. The van der Waals surface area contributed by atoms with Crippen molar-refractivity contribution in [3.8, 4) is 6.07 Å². The summed E-state index contributed by atoms with van der Waals surface area (Å²) in [5, 5.41) is 11.2. The first-order valence-corrected chi connectivity index (χ1v) is 5.13. The number of carbonyl (C=O) groups excluding carboxylic acids is 1. The molecule has 0 saturated carbocycles. The van der Waals surface area contributed by atoms with Crippen molar-refractivity contribution < 1.29 is 4.79 Å². The molecule has 0 radical (unpaired) electrons. The summed E-state index contributed by atoms with van der Waals surface area (Å²) in [5.74, 6) is -0.333. The predicted octanol–water partition coefficient (Wildman–Crippen LogP) is 1.98. The van der Waals surface area contributed by atoms with E-state index >= 15 is 0 Å². The minimum Gasteiger partial charge on any atom is -0.351 e. The number of hydrogen-bond donors (Lipinski definition) is 1. The zero-order valence-electron chi connectivity index (χ0n) is 9.18. The Bertz CT molecular complexity index is 404. The largest absolute Gasteiger partial charge is 0.351 e. The Hall–Kier alpha value is -2.08. The molecule has 0 heterocycles. The van der Waals surface area contributed by atoms with Crippen molar-refractivity contribution in [2.75, 3.05) is 6.54 Å². The third-order valence-electron chi connectivity index (χ3n) is 2.03. The van der Waals surface area contributed by atoms with Gasteiger partial charge in [0.25, 0.3) is 0 Å². The molecule has 0 bridgehead atoms. The molecular weight excluding hydrogens is 200 g/mol. The van der Waals surface area contributed by atoms with Gasteiger partial charge in [-0.2, -0.15) is 5.26 Å². The lowest BCUT2D eigenvalue weighted by Gasteiger charge is -2.02. The first-order chi connectivity index (χ1) is 7.72. The van der Waals surface area contributed by atoms with Gasteiger partial charge in [0.2, 0.25) is 5.91 Å². The fraction of sp³-hybridized carbons (Fsp3) is 0.231. The normalized spacial score (nSPS) is 12.0. The van der Waals surface area contributed by atoms with E-state index in [-0.39, 0.29) is 11.8 Å². The maximum Gasteiger partial charge on any atom is 0.244 e. The molecule has 1 N–H and O–H groups in total. The summed E-state index contributed by atoms with van der Waals surface area (Å²) in [6, 6.07) is 11.6. The Kier molecular flexibility index (Phi) is 4.81. The molecule has 0 aliphatic carbocycles. The molecule has 0 saturated heterocycles. The number of rotatable bonds is 4. The summed E-state index contributed by atoms with van der Waals surface area (Å²) < 4.78 is 0. The van der Waals surface area contributed by atoms with E-state index in [2.05, 4.69) is 11.4 Å². The molecule has 82 valence electrons. The molecule has 0 aliphatic rings. The highest BCUT2D eigenvalue weighted by molar-refractivity contribution is 5.91. The Labute approximate surface area is 95.4 Å². The van der Waals surface area contributed by atoms with Crippen LogP contribution < -0.4 is 5.32 Å². The van der Waals surface area contributed by atoms with Gasteiger partial charge in [-0.05, 0) is 18.6 Å². The van der Waals surface area contributed by atoms with Crippen molar-refractivity contribution in [1.29, 1.82) is 5.26 Å². The van der Waals surface area contributed by atoms with Crippen LogP contribution in [0.1, 0.15) is 12.5 Å². The predicted molar refractivity (Wildman–Crippen MR) is 63.3 cm³/mol. The molecule has 1 atom stereocenters. The van der Waals surface area contributed by atoms with Crippen molar-refractivity contribution in [3.05, 3.63) is 42.0 Å². The van der Waals surface area contributed by atoms with Gasteiger partial charge in [0.15, 0.2) is 0 Å². The summed E-state index contributed by atoms with van der Waals surface area (Å²) in [4.78, 5) is 11.3. The smallest absolute Gasteiger partial charge is 0.244 e. The second-order valence-electron chi connectivity index (χ2n) is 3.52. The van der Waals surface area contributed by atoms with Crippen molar-refractivity contribution in [3.63, 3.8) is 0 Å². The van der Waals surface area contributed by atoms with Crippen LogP contribution in [-0.2, 0) is 4.79 Å². The van der Waals surface area contributed by atoms with E-state index in [9.17, 15) is 4.79 Å². The summed E-state index contributed by atoms with van der Waals surface area (Å²) in [6.07, 6.45) is 3.21. The number of nitrogens with zero attached hydrogens (tertiary/aromatic N) is 1. The quantitative estimate of drug-likeness (QED) is 0.779. The van der Waals surface area contributed by atoms with Gasteiger partial charge in [-0.25, -0.2) is 0 Å². The minimum atomic E-state index is -0.175. The molecule has 1 aromatic carbocycles. The molecule has 0 fully saturated rings. The zero-order chi connectivity index (χ0) is 11.8. The van der Waals surface area contributed by atoms with Crippen LogP contribution in [0.4, 0.5) is 0 Å². The molecule has 1 rings (SSSR count). The fourth-order valence-electron chi connectivity index (χ4n) is 1.09. The number of nitrogens with one attached hydrogen (secondary N) is 1. The zero-order valence-corrected chi connectivity index (χ0v) is 9.18. The molecule has 1 amide bonds. The second kappa shape index (κ2) is 6.41. The van der Waals surface area contributed by atoms with Gasteiger partial charge in [-0.15, -0.1) is 0 Å². The van der Waals surface area contributed by atoms with Gasteiger partial charge >= 0.3 is 0 Å². The second-order valence-corrected chi connectivity index (χ2v) is 3.52. The number of benzene rings is 1. The van der Waals surface area contributed by atoms with Gasteiger partial charge in [0.05, 0.1) is 12.0 Å². The van der Waals surface area contributed by atoms with Gasteiger partial charge in [0.1, 0.15) is 0 Å². The van der Waals surface area contributed by atoms with Crippen LogP contribution in [-0.4, -0.2) is 12.5 Å². The highest BCUT2D eigenvalue weighted by Gasteiger charge is 2.00. The molecule has 3 nitrogen and oxygen atoms in total. The number of carbonyl (C=O) groups is 1. The van der Waals surface area contributed by atoms with Gasteiger partial charge in [-0.1, -0.05) is 30.3 Å². The highest BCUT2D eigenvalue weighted by Crippen LogP contribution is 2.00. The van der Waals surface area contributed by atoms with E-state index < -0.39 is 0 Å².